The largest absolute Gasteiger partial charge is 0.319 e. The van der Waals surface area contributed by atoms with Crippen LogP contribution in [0.1, 0.15) is 13.3 Å². The lowest BCUT2D eigenvalue weighted by atomic mass is 10.4. The summed E-state index contributed by atoms with van der Waals surface area (Å²) >= 11 is 0. The normalized spacial score (nSPS) is 10.6. The van der Waals surface area contributed by atoms with Crippen LogP contribution in [-0.4, -0.2) is 13.6 Å². The molecular weight excluding hydrogens is 86.1 g/mol. The van der Waals surface area contributed by atoms with Crippen LogP contribution in [0.2, 0.25) is 0 Å². The van der Waals surface area contributed by atoms with E-state index < -0.39 is 0 Å². The van der Waals surface area contributed by atoms with Gasteiger partial charge in [0.15, 0.2) is 0 Å². The van der Waals surface area contributed by atoms with Crippen molar-refractivity contribution < 1.29 is 0 Å². The third-order valence-corrected chi connectivity index (χ3v) is 0.797. The molecule has 42 valence electrons. The van der Waals surface area contributed by atoms with Crippen LogP contribution in [0.3, 0.4) is 0 Å². The average Bonchev–Trinajstić information content (AvgIpc) is 1.69. The first kappa shape index (κ1) is 6.70. The molecule has 0 aliphatic rings. The van der Waals surface area contributed by atoms with E-state index in [0.717, 1.165) is 13.0 Å². The van der Waals surface area contributed by atoms with Gasteiger partial charge in [0.05, 0.1) is 0 Å². The third-order valence-electron chi connectivity index (χ3n) is 0.797. The highest BCUT2D eigenvalue weighted by Crippen LogP contribution is 1.76. The Morgan fingerprint density at radius 1 is 1.57 bits per heavy atom. The Morgan fingerprint density at radius 3 is 2.71 bits per heavy atom. The topological polar surface area (TPSA) is 12.0 Å². The van der Waals surface area contributed by atoms with Crippen LogP contribution in [0, 0.1) is 0 Å². The van der Waals surface area contributed by atoms with Gasteiger partial charge in [-0.1, -0.05) is 12.2 Å². The SMILES string of the molecule is C/C=C/CCNC. The number of hydrogen-bond donors (Lipinski definition) is 1. The van der Waals surface area contributed by atoms with Crippen molar-refractivity contribution in [2.24, 2.45) is 0 Å². The van der Waals surface area contributed by atoms with Gasteiger partial charge in [0.25, 0.3) is 0 Å². The van der Waals surface area contributed by atoms with Crippen LogP contribution in [0.15, 0.2) is 12.2 Å². The lowest BCUT2D eigenvalue weighted by Gasteiger charge is -1.87. The van der Waals surface area contributed by atoms with Crippen molar-refractivity contribution in [2.75, 3.05) is 13.6 Å². The second-order valence-electron chi connectivity index (χ2n) is 1.46. The predicted octanol–water partition coefficient (Wildman–Crippen LogP) is 1.17. The molecule has 0 saturated heterocycles. The summed E-state index contributed by atoms with van der Waals surface area (Å²) in [6.45, 7) is 3.12. The molecule has 0 aliphatic carbocycles. The monoisotopic (exact) mass is 99.1 g/mol. The lowest BCUT2D eigenvalue weighted by molar-refractivity contribution is 0.807. The fraction of sp³-hybridized carbons (Fsp3) is 0.667. The minimum Gasteiger partial charge on any atom is -0.319 e. The molecule has 0 aromatic rings. The first-order chi connectivity index (χ1) is 3.41. The summed E-state index contributed by atoms with van der Waals surface area (Å²) in [7, 11) is 1.96. The molecule has 0 spiro atoms. The summed E-state index contributed by atoms with van der Waals surface area (Å²) in [6.07, 6.45) is 5.36. The predicted molar refractivity (Wildman–Crippen MR) is 33.4 cm³/mol. The van der Waals surface area contributed by atoms with Gasteiger partial charge in [-0.2, -0.15) is 0 Å². The molecule has 0 rings (SSSR count). The quantitative estimate of drug-likeness (QED) is 0.413. The molecule has 0 atom stereocenters. The molecule has 7 heavy (non-hydrogen) atoms. The van der Waals surface area contributed by atoms with Crippen molar-refractivity contribution in [1.29, 1.82) is 0 Å². The zero-order chi connectivity index (χ0) is 5.54. The third kappa shape index (κ3) is 5.70. The molecule has 1 nitrogen and oxygen atoms in total. The maximum Gasteiger partial charge on any atom is -0.00173 e. The standard InChI is InChI=1S/C6H13N/c1-3-4-5-6-7-2/h3-4,7H,5-6H2,1-2H3/b4-3+. The molecule has 1 N–H and O–H groups in total. The molecule has 0 saturated carbocycles. The fourth-order valence-electron chi connectivity index (χ4n) is 0.394. The summed E-state index contributed by atoms with van der Waals surface area (Å²) in [5.41, 5.74) is 0. The van der Waals surface area contributed by atoms with Gasteiger partial charge >= 0.3 is 0 Å². The van der Waals surface area contributed by atoms with E-state index in [1.807, 2.05) is 14.0 Å². The van der Waals surface area contributed by atoms with Crippen LogP contribution in [0.5, 0.6) is 0 Å². The fourth-order valence-corrected chi connectivity index (χ4v) is 0.394. The number of rotatable bonds is 3. The molecule has 0 heterocycles. The van der Waals surface area contributed by atoms with E-state index in [-0.39, 0.29) is 0 Å². The van der Waals surface area contributed by atoms with Crippen molar-refractivity contribution in [2.45, 2.75) is 13.3 Å². The molecule has 0 aromatic heterocycles. The summed E-state index contributed by atoms with van der Waals surface area (Å²) < 4.78 is 0. The maximum atomic E-state index is 3.05. The highest BCUT2D eigenvalue weighted by molar-refractivity contribution is 4.76. The summed E-state index contributed by atoms with van der Waals surface area (Å²) in [6, 6.07) is 0. The van der Waals surface area contributed by atoms with Crippen LogP contribution in [0.25, 0.3) is 0 Å². The Morgan fingerprint density at radius 2 is 2.29 bits per heavy atom. The Balaban J connectivity index is 2.69. The van der Waals surface area contributed by atoms with E-state index >= 15 is 0 Å². The summed E-state index contributed by atoms with van der Waals surface area (Å²) in [5.74, 6) is 0. The van der Waals surface area contributed by atoms with Gasteiger partial charge in [-0.3, -0.25) is 0 Å². The molecule has 0 unspecified atom stereocenters. The van der Waals surface area contributed by atoms with Gasteiger partial charge in [-0.15, -0.1) is 0 Å². The first-order valence-corrected chi connectivity index (χ1v) is 2.67. The van der Waals surface area contributed by atoms with Gasteiger partial charge in [-0.05, 0) is 26.9 Å². The molecule has 0 aliphatic heterocycles. The Kier molecular flexibility index (Phi) is 5.46. The zero-order valence-corrected chi connectivity index (χ0v) is 5.07. The second kappa shape index (κ2) is 5.70. The lowest BCUT2D eigenvalue weighted by Crippen LogP contribution is -2.05. The van der Waals surface area contributed by atoms with Crippen LogP contribution in [-0.2, 0) is 0 Å². The Bertz CT molecular complexity index is 48.1. The van der Waals surface area contributed by atoms with Crippen LogP contribution < -0.4 is 5.32 Å². The number of allylic oxidation sites excluding steroid dienone is 1. The van der Waals surface area contributed by atoms with Gasteiger partial charge in [-0.25, -0.2) is 0 Å². The van der Waals surface area contributed by atoms with Crippen molar-refractivity contribution in [3.63, 3.8) is 0 Å². The minimum absolute atomic E-state index is 1.09. The molecule has 0 aromatic carbocycles. The first-order valence-electron chi connectivity index (χ1n) is 2.67. The highest BCUT2D eigenvalue weighted by Gasteiger charge is 1.70. The van der Waals surface area contributed by atoms with Gasteiger partial charge in [0, 0.05) is 0 Å². The highest BCUT2D eigenvalue weighted by atomic mass is 14.8. The van der Waals surface area contributed by atoms with Crippen molar-refractivity contribution in [3.05, 3.63) is 12.2 Å². The molecule has 1 heteroatoms. The average molecular weight is 99.2 g/mol. The van der Waals surface area contributed by atoms with Crippen molar-refractivity contribution in [1.82, 2.24) is 5.32 Å². The van der Waals surface area contributed by atoms with E-state index in [9.17, 15) is 0 Å². The van der Waals surface area contributed by atoms with Gasteiger partial charge < -0.3 is 5.32 Å². The Labute approximate surface area is 45.4 Å². The molecule has 0 radical (unpaired) electrons. The van der Waals surface area contributed by atoms with E-state index in [2.05, 4.69) is 17.5 Å². The molecule has 0 bridgehead atoms. The van der Waals surface area contributed by atoms with E-state index in [1.165, 1.54) is 0 Å². The Hall–Kier alpha value is -0.300. The summed E-state index contributed by atoms with van der Waals surface area (Å²) in [5, 5.41) is 3.05. The van der Waals surface area contributed by atoms with Crippen molar-refractivity contribution in [3.8, 4) is 0 Å². The molecular formula is C6H13N. The molecule has 0 fully saturated rings. The minimum atomic E-state index is 1.09. The number of nitrogens with one attached hydrogen (secondary N) is 1. The maximum absolute atomic E-state index is 3.05. The van der Waals surface area contributed by atoms with Crippen LogP contribution in [0.4, 0.5) is 0 Å². The van der Waals surface area contributed by atoms with Gasteiger partial charge in [0.2, 0.25) is 0 Å². The summed E-state index contributed by atoms with van der Waals surface area (Å²) in [4.78, 5) is 0. The van der Waals surface area contributed by atoms with E-state index in [4.69, 9.17) is 0 Å². The zero-order valence-electron chi connectivity index (χ0n) is 5.07. The second-order valence-corrected chi connectivity index (χ2v) is 1.46. The molecule has 0 amide bonds. The van der Waals surface area contributed by atoms with Crippen LogP contribution >= 0.6 is 0 Å². The van der Waals surface area contributed by atoms with Gasteiger partial charge in [0.1, 0.15) is 0 Å². The van der Waals surface area contributed by atoms with E-state index in [0.29, 0.717) is 0 Å². The number of hydrogen-bond acceptors (Lipinski definition) is 1. The van der Waals surface area contributed by atoms with E-state index in [1.54, 1.807) is 0 Å². The smallest absolute Gasteiger partial charge is 0.00173 e. The van der Waals surface area contributed by atoms with Crippen molar-refractivity contribution >= 4 is 0 Å².